The summed E-state index contributed by atoms with van der Waals surface area (Å²) < 4.78 is 0. The molecule has 1 aromatic carbocycles. The van der Waals surface area contributed by atoms with E-state index in [0.717, 1.165) is 11.3 Å². The molecule has 5 heteroatoms. The number of aryl methyl sites for hydroxylation is 1. The Morgan fingerprint density at radius 3 is 2.70 bits per heavy atom. The Morgan fingerprint density at radius 1 is 1.40 bits per heavy atom. The van der Waals surface area contributed by atoms with Crippen LogP contribution in [-0.4, -0.2) is 41.5 Å². The van der Waals surface area contributed by atoms with E-state index < -0.39 is 11.4 Å². The van der Waals surface area contributed by atoms with Crippen LogP contribution < -0.4 is 5.32 Å². The number of hydrogen-bond donors (Lipinski definition) is 2. The number of para-hydroxylation sites is 1. The van der Waals surface area contributed by atoms with Gasteiger partial charge in [-0.25, -0.2) is 0 Å². The third-order valence-electron chi connectivity index (χ3n) is 3.86. The fraction of sp³-hybridized carbons (Fsp3) is 0.467. The summed E-state index contributed by atoms with van der Waals surface area (Å²) in [4.78, 5) is 25.1. The van der Waals surface area contributed by atoms with Crippen molar-refractivity contribution < 1.29 is 14.7 Å². The predicted molar refractivity (Wildman–Crippen MR) is 76.6 cm³/mol. The van der Waals surface area contributed by atoms with Crippen molar-refractivity contribution in [3.05, 3.63) is 29.8 Å². The summed E-state index contributed by atoms with van der Waals surface area (Å²) in [6.45, 7) is 4.96. The van der Waals surface area contributed by atoms with Crippen molar-refractivity contribution in [2.45, 2.75) is 20.3 Å². The number of carbonyl (C=O) groups excluding carboxylic acids is 1. The summed E-state index contributed by atoms with van der Waals surface area (Å²) in [7, 11) is 0. The van der Waals surface area contributed by atoms with E-state index in [1.165, 1.54) is 0 Å². The molecule has 1 aliphatic rings. The van der Waals surface area contributed by atoms with E-state index in [-0.39, 0.29) is 12.5 Å². The minimum Gasteiger partial charge on any atom is -0.481 e. The number of carboxylic acid groups (broad SMARTS) is 1. The molecule has 0 radical (unpaired) electrons. The highest BCUT2D eigenvalue weighted by atomic mass is 16.4. The first kappa shape index (κ1) is 14.5. The van der Waals surface area contributed by atoms with Gasteiger partial charge in [-0.05, 0) is 38.4 Å². The van der Waals surface area contributed by atoms with Crippen LogP contribution in [-0.2, 0) is 9.59 Å². The third kappa shape index (κ3) is 3.17. The van der Waals surface area contributed by atoms with Gasteiger partial charge in [-0.1, -0.05) is 18.2 Å². The van der Waals surface area contributed by atoms with Gasteiger partial charge < -0.3 is 10.4 Å². The highest BCUT2D eigenvalue weighted by Crippen LogP contribution is 2.29. The molecule has 2 rings (SSSR count). The molecule has 1 amide bonds. The zero-order valence-electron chi connectivity index (χ0n) is 11.8. The number of anilines is 1. The average Bonchev–Trinajstić information content (AvgIpc) is 2.75. The van der Waals surface area contributed by atoms with E-state index in [1.54, 1.807) is 6.92 Å². The molecule has 0 bridgehead atoms. The van der Waals surface area contributed by atoms with Gasteiger partial charge in [0.05, 0.1) is 12.0 Å². The number of carbonyl (C=O) groups is 2. The van der Waals surface area contributed by atoms with E-state index in [2.05, 4.69) is 5.32 Å². The Morgan fingerprint density at radius 2 is 2.10 bits per heavy atom. The second kappa shape index (κ2) is 5.63. The first-order chi connectivity index (χ1) is 9.40. The summed E-state index contributed by atoms with van der Waals surface area (Å²) in [6.07, 6.45) is 0.583. The fourth-order valence-electron chi connectivity index (χ4n) is 2.47. The second-order valence-electron chi connectivity index (χ2n) is 5.69. The van der Waals surface area contributed by atoms with Gasteiger partial charge in [-0.2, -0.15) is 0 Å². The molecule has 108 valence electrons. The molecule has 0 aliphatic carbocycles. The van der Waals surface area contributed by atoms with Gasteiger partial charge in [0.2, 0.25) is 5.91 Å². The maximum absolute atomic E-state index is 12.0. The number of rotatable bonds is 4. The number of nitrogens with zero attached hydrogens (tertiary/aromatic N) is 1. The molecule has 1 heterocycles. The number of benzene rings is 1. The van der Waals surface area contributed by atoms with Crippen LogP contribution in [0.15, 0.2) is 24.3 Å². The molecule has 5 nitrogen and oxygen atoms in total. The highest BCUT2D eigenvalue weighted by molar-refractivity contribution is 5.93. The molecule has 1 aliphatic heterocycles. The van der Waals surface area contributed by atoms with Gasteiger partial charge >= 0.3 is 5.97 Å². The van der Waals surface area contributed by atoms with Crippen LogP contribution in [0.2, 0.25) is 0 Å². The first-order valence-electron chi connectivity index (χ1n) is 6.72. The number of amides is 1. The molecule has 1 saturated heterocycles. The van der Waals surface area contributed by atoms with Crippen LogP contribution in [0.25, 0.3) is 0 Å². The summed E-state index contributed by atoms with van der Waals surface area (Å²) >= 11 is 0. The van der Waals surface area contributed by atoms with Crippen LogP contribution in [0.5, 0.6) is 0 Å². The number of nitrogens with one attached hydrogen (secondary N) is 1. The molecule has 0 aromatic heterocycles. The number of carboxylic acids is 1. The lowest BCUT2D eigenvalue weighted by atomic mass is 9.90. The van der Waals surface area contributed by atoms with Crippen LogP contribution in [0, 0.1) is 12.3 Å². The van der Waals surface area contributed by atoms with Gasteiger partial charge in [0, 0.05) is 12.2 Å². The van der Waals surface area contributed by atoms with Crippen molar-refractivity contribution >= 4 is 17.6 Å². The average molecular weight is 276 g/mol. The zero-order chi connectivity index (χ0) is 14.8. The number of likely N-dealkylation sites (tertiary alicyclic amines) is 1. The second-order valence-corrected chi connectivity index (χ2v) is 5.69. The third-order valence-corrected chi connectivity index (χ3v) is 3.86. The molecule has 1 fully saturated rings. The van der Waals surface area contributed by atoms with Crippen molar-refractivity contribution in [1.29, 1.82) is 0 Å². The Hall–Kier alpha value is -1.88. The molecule has 1 aromatic rings. The summed E-state index contributed by atoms with van der Waals surface area (Å²) in [5.74, 6) is -0.895. The topological polar surface area (TPSA) is 69.6 Å². The maximum atomic E-state index is 12.0. The SMILES string of the molecule is Cc1ccccc1NC(=O)CN1CCC(C)(C(=O)O)C1. The standard InChI is InChI=1S/C15H20N2O3/c1-11-5-3-4-6-12(11)16-13(18)9-17-8-7-15(2,10-17)14(19)20/h3-6H,7-10H2,1-2H3,(H,16,18)(H,19,20). The van der Waals surface area contributed by atoms with E-state index >= 15 is 0 Å². The number of hydrogen-bond acceptors (Lipinski definition) is 3. The van der Waals surface area contributed by atoms with Crippen molar-refractivity contribution in [3.8, 4) is 0 Å². The maximum Gasteiger partial charge on any atom is 0.310 e. The molecule has 0 saturated carbocycles. The number of aliphatic carboxylic acids is 1. The summed E-state index contributed by atoms with van der Waals surface area (Å²) in [5.41, 5.74) is 1.08. The van der Waals surface area contributed by atoms with Gasteiger partial charge in [0.1, 0.15) is 0 Å². The Bertz CT molecular complexity index is 530. The van der Waals surface area contributed by atoms with Gasteiger partial charge in [-0.3, -0.25) is 14.5 Å². The lowest BCUT2D eigenvalue weighted by Crippen LogP contribution is -2.35. The van der Waals surface area contributed by atoms with Crippen LogP contribution >= 0.6 is 0 Å². The Labute approximate surface area is 118 Å². The molecule has 0 spiro atoms. The van der Waals surface area contributed by atoms with Crippen molar-refractivity contribution in [2.75, 3.05) is 25.0 Å². The van der Waals surface area contributed by atoms with Crippen LogP contribution in [0.4, 0.5) is 5.69 Å². The highest BCUT2D eigenvalue weighted by Gasteiger charge is 2.40. The quantitative estimate of drug-likeness (QED) is 0.878. The van der Waals surface area contributed by atoms with E-state index in [9.17, 15) is 9.59 Å². The van der Waals surface area contributed by atoms with E-state index in [4.69, 9.17) is 5.11 Å². The van der Waals surface area contributed by atoms with Crippen LogP contribution in [0.3, 0.4) is 0 Å². The predicted octanol–water partition coefficient (Wildman–Crippen LogP) is 1.73. The monoisotopic (exact) mass is 276 g/mol. The fourth-order valence-corrected chi connectivity index (χ4v) is 2.47. The van der Waals surface area contributed by atoms with Gasteiger partial charge in [0.15, 0.2) is 0 Å². The normalized spacial score (nSPS) is 22.7. The molecule has 1 unspecified atom stereocenters. The molecule has 2 N–H and O–H groups in total. The minimum atomic E-state index is -0.792. The van der Waals surface area contributed by atoms with Crippen molar-refractivity contribution in [3.63, 3.8) is 0 Å². The summed E-state index contributed by atoms with van der Waals surface area (Å²) in [5, 5.41) is 12.0. The molecular formula is C15H20N2O3. The van der Waals surface area contributed by atoms with Crippen molar-refractivity contribution in [1.82, 2.24) is 4.90 Å². The Balaban J connectivity index is 1.91. The lowest BCUT2D eigenvalue weighted by Gasteiger charge is -2.19. The van der Waals surface area contributed by atoms with E-state index in [0.29, 0.717) is 19.5 Å². The smallest absolute Gasteiger partial charge is 0.310 e. The summed E-state index contributed by atoms with van der Waals surface area (Å²) in [6, 6.07) is 7.59. The first-order valence-corrected chi connectivity index (χ1v) is 6.72. The molecule has 20 heavy (non-hydrogen) atoms. The van der Waals surface area contributed by atoms with Gasteiger partial charge in [-0.15, -0.1) is 0 Å². The minimum absolute atomic E-state index is 0.103. The van der Waals surface area contributed by atoms with Crippen LogP contribution in [0.1, 0.15) is 18.9 Å². The largest absolute Gasteiger partial charge is 0.481 e. The van der Waals surface area contributed by atoms with E-state index in [1.807, 2.05) is 36.1 Å². The lowest BCUT2D eigenvalue weighted by molar-refractivity contribution is -0.147. The van der Waals surface area contributed by atoms with Gasteiger partial charge in [0.25, 0.3) is 0 Å². The molecular weight excluding hydrogens is 256 g/mol. The van der Waals surface area contributed by atoms with Crippen molar-refractivity contribution in [2.24, 2.45) is 5.41 Å². The molecule has 1 atom stereocenters. The zero-order valence-corrected chi connectivity index (χ0v) is 11.8. The Kier molecular flexibility index (Phi) is 4.09.